The summed E-state index contributed by atoms with van der Waals surface area (Å²) in [6.45, 7) is 17.2. The number of nitrogens with zero attached hydrogens (tertiary/aromatic N) is 3. The molecule has 2 aliphatic rings. The van der Waals surface area contributed by atoms with Gasteiger partial charge < -0.3 is 43.1 Å². The van der Waals surface area contributed by atoms with Crippen LogP contribution in [0.3, 0.4) is 0 Å². The first-order chi connectivity index (χ1) is 56.6. The van der Waals surface area contributed by atoms with Gasteiger partial charge in [0.1, 0.15) is 19.0 Å². The third-order valence-corrected chi connectivity index (χ3v) is 21.9. The Morgan fingerprint density at radius 2 is 0.569 bits per heavy atom. The number of carbonyl (C=O) groups is 3. The highest BCUT2D eigenvalue weighted by Gasteiger charge is 2.45. The van der Waals surface area contributed by atoms with E-state index in [-0.39, 0.29) is 49.5 Å². The maximum atomic E-state index is 12.7. The van der Waals surface area contributed by atoms with Crippen molar-refractivity contribution in [3.63, 3.8) is 0 Å². The zero-order valence-electron chi connectivity index (χ0n) is 76.4. The lowest BCUT2D eigenvalue weighted by Crippen LogP contribution is -2.35. The quantitative estimate of drug-likeness (QED) is 0.0468. The number of Topliss-reactive ketones (excluding diaryl/α,β-unsaturated/α-hetero) is 1. The van der Waals surface area contributed by atoms with Crippen molar-refractivity contribution in [2.24, 2.45) is 0 Å². The van der Waals surface area contributed by atoms with Crippen LogP contribution in [0.5, 0.6) is 0 Å². The lowest BCUT2D eigenvalue weighted by Gasteiger charge is -2.26. The molecule has 12 heteroatoms. The van der Waals surface area contributed by atoms with Crippen molar-refractivity contribution in [1.82, 2.24) is 14.7 Å². The number of ether oxygens (including phenoxy) is 6. The van der Waals surface area contributed by atoms with Gasteiger partial charge in [-0.15, -0.1) is 0 Å². The Hall–Kier alpha value is -5.63. The Bertz CT molecular complexity index is 2740. The molecule has 12 nitrogen and oxygen atoms in total. The van der Waals surface area contributed by atoms with Gasteiger partial charge in [0.25, 0.3) is 0 Å². The Balaban J connectivity index is 0.000000660. The average Bonchev–Trinajstić information content (AvgIpc) is 1.68. The molecule has 0 spiro atoms. The third kappa shape index (κ3) is 62.5. The van der Waals surface area contributed by atoms with Crippen LogP contribution in [0.1, 0.15) is 387 Å². The SMILES string of the molecule is CC(=O)CCN(C)C(=O)OCc1ccccc1.CCCCC/C=C\C/C=C\CCCCCCCC1OC(C)(CCN(C)C(=O)OCc2ccccc2)OC1CCCCCCC/C=C\C/C=C\CCCCC.CCCCC/C=C\C/C=C\CCCCCCCC1OC(C)(CCN(C)C)OC1CCCCCCC/C=C\C/C=C\CCCCC. The first kappa shape index (κ1) is 106. The van der Waals surface area contributed by atoms with Crippen LogP contribution in [0.4, 0.5) is 9.59 Å². The Kier molecular flexibility index (Phi) is 69.3. The summed E-state index contributed by atoms with van der Waals surface area (Å²) in [5.41, 5.74) is 1.93. The average molecular weight is 1610 g/mol. The van der Waals surface area contributed by atoms with Crippen LogP contribution in [-0.4, -0.2) is 116 Å². The summed E-state index contributed by atoms with van der Waals surface area (Å²) in [4.78, 5) is 40.3. The van der Waals surface area contributed by atoms with E-state index in [2.05, 4.69) is 158 Å². The molecule has 2 aromatic carbocycles. The van der Waals surface area contributed by atoms with Crippen LogP contribution in [-0.2, 0) is 46.4 Å². The molecule has 2 saturated heterocycles. The number of unbranched alkanes of at least 4 members (excludes halogenated alkanes) is 32. The Morgan fingerprint density at radius 3 is 0.828 bits per heavy atom. The molecule has 4 rings (SSSR count). The van der Waals surface area contributed by atoms with Crippen LogP contribution < -0.4 is 0 Å². The molecule has 0 radical (unpaired) electrons. The first-order valence-corrected chi connectivity index (χ1v) is 47.5. The van der Waals surface area contributed by atoms with Crippen molar-refractivity contribution >= 4 is 18.0 Å². The van der Waals surface area contributed by atoms with E-state index in [1.54, 1.807) is 19.0 Å². The number of hydrogen-bond donors (Lipinski definition) is 0. The zero-order valence-corrected chi connectivity index (χ0v) is 76.4. The molecule has 4 atom stereocenters. The smallest absolute Gasteiger partial charge is 0.409 e. The normalized spacial score (nSPS) is 18.3. The maximum absolute atomic E-state index is 12.7. The second-order valence-electron chi connectivity index (χ2n) is 33.6. The maximum Gasteiger partial charge on any atom is 0.409 e. The van der Waals surface area contributed by atoms with Gasteiger partial charge in [0, 0.05) is 53.0 Å². The largest absolute Gasteiger partial charge is 0.445 e. The van der Waals surface area contributed by atoms with E-state index in [9.17, 15) is 14.4 Å². The van der Waals surface area contributed by atoms with Gasteiger partial charge in [-0.1, -0.05) is 340 Å². The van der Waals surface area contributed by atoms with E-state index in [4.69, 9.17) is 28.4 Å². The Labute approximate surface area is 713 Å². The van der Waals surface area contributed by atoms with Crippen LogP contribution in [0.2, 0.25) is 0 Å². The van der Waals surface area contributed by atoms with Crippen LogP contribution in [0, 0.1) is 0 Å². The second kappa shape index (κ2) is 75.6. The highest BCUT2D eigenvalue weighted by atomic mass is 16.8. The van der Waals surface area contributed by atoms with E-state index >= 15 is 0 Å². The molecule has 2 fully saturated rings. The molecular formula is C104H175N3O9. The minimum Gasteiger partial charge on any atom is -0.445 e. The molecule has 116 heavy (non-hydrogen) atoms. The third-order valence-electron chi connectivity index (χ3n) is 21.9. The fraction of sp³-hybridized carbons (Fsp3) is 0.702. The molecule has 0 saturated carbocycles. The minimum absolute atomic E-state index is 0.0627. The summed E-state index contributed by atoms with van der Waals surface area (Å²) in [7, 11) is 7.69. The standard InChI is InChI=1S/C49H81NO4.C42H77NO2.C13H17NO3/c1-5-7-9-11-13-15-17-19-21-23-25-27-29-31-36-40-46-47(41-37-32-30-28-26-24-22-20-18-16-14-12-10-8-6-2)54-49(3,53-46)42-43-50(4)48(51)52-44-45-38-34-33-35-39-45;1-6-8-10-12-14-16-18-20-22-24-26-28-30-32-34-36-40-41(45-42(3,44-40)38-39-43(4)5)37-35-33-31-29-27-25-23-21-19-17-15-13-11-9-7-2;1-11(15)8-9-14(2)13(16)17-10-12-6-4-3-5-7-12/h13-16,19-22,33-35,38-39,46-47H,5-12,17-18,23-32,36-37,40-44H2,1-4H3;14-17,20-23,40-41H,6-13,18-19,24-39H2,1-5H3;3-7H,8-10H2,1-2H3/b15-13-,16-14-,21-19-,22-20-;16-14-,17-15-,22-20-,23-21-;. The topological polar surface area (TPSA) is 116 Å². The van der Waals surface area contributed by atoms with Gasteiger partial charge in [0.05, 0.1) is 24.4 Å². The van der Waals surface area contributed by atoms with Crippen LogP contribution >= 0.6 is 0 Å². The van der Waals surface area contributed by atoms with E-state index in [1.807, 2.05) is 60.7 Å². The van der Waals surface area contributed by atoms with E-state index < -0.39 is 17.7 Å². The number of amides is 2. The van der Waals surface area contributed by atoms with Crippen molar-refractivity contribution in [1.29, 1.82) is 0 Å². The number of allylic oxidation sites excluding steroid dienone is 16. The number of benzene rings is 2. The fourth-order valence-electron chi connectivity index (χ4n) is 14.4. The molecule has 2 heterocycles. The Morgan fingerprint density at radius 1 is 0.328 bits per heavy atom. The molecule has 0 N–H and O–H groups in total. The lowest BCUT2D eigenvalue weighted by molar-refractivity contribution is -0.168. The summed E-state index contributed by atoms with van der Waals surface area (Å²) < 4.78 is 37.3. The zero-order chi connectivity index (χ0) is 84.2. The van der Waals surface area contributed by atoms with Gasteiger partial charge >= 0.3 is 12.2 Å². The van der Waals surface area contributed by atoms with Crippen molar-refractivity contribution < 1.29 is 42.8 Å². The first-order valence-electron chi connectivity index (χ1n) is 47.5. The molecule has 0 aromatic heterocycles. The number of ketones is 1. The summed E-state index contributed by atoms with van der Waals surface area (Å²) in [5, 5.41) is 0. The van der Waals surface area contributed by atoms with Gasteiger partial charge in [-0.25, -0.2) is 9.59 Å². The molecular weight excluding hydrogens is 1440 g/mol. The highest BCUT2D eigenvalue weighted by molar-refractivity contribution is 5.76. The predicted molar refractivity (Wildman–Crippen MR) is 495 cm³/mol. The number of carbonyl (C=O) groups excluding carboxylic acids is 3. The summed E-state index contributed by atoms with van der Waals surface area (Å²) in [5.74, 6) is -1.04. The van der Waals surface area contributed by atoms with Gasteiger partial charge in [-0.2, -0.15) is 0 Å². The van der Waals surface area contributed by atoms with Crippen molar-refractivity contribution in [2.75, 3.05) is 47.8 Å². The number of rotatable bonds is 69. The van der Waals surface area contributed by atoms with Crippen molar-refractivity contribution in [2.45, 2.75) is 425 Å². The molecule has 0 aliphatic carbocycles. The molecule has 0 bridgehead atoms. The van der Waals surface area contributed by atoms with Gasteiger partial charge in [0.15, 0.2) is 11.6 Å². The summed E-state index contributed by atoms with van der Waals surface area (Å²) >= 11 is 0. The van der Waals surface area contributed by atoms with Gasteiger partial charge in [-0.3, -0.25) is 4.79 Å². The molecule has 660 valence electrons. The van der Waals surface area contributed by atoms with Crippen molar-refractivity contribution in [3.05, 3.63) is 169 Å². The van der Waals surface area contributed by atoms with Crippen LogP contribution in [0.25, 0.3) is 0 Å². The van der Waals surface area contributed by atoms with Gasteiger partial charge in [0.2, 0.25) is 0 Å². The van der Waals surface area contributed by atoms with E-state index in [0.717, 1.165) is 75.5 Å². The molecule has 2 aromatic rings. The predicted octanol–water partition coefficient (Wildman–Crippen LogP) is 30.1. The number of hydrogen-bond acceptors (Lipinski definition) is 10. The monoisotopic (exact) mass is 1610 g/mol. The summed E-state index contributed by atoms with van der Waals surface area (Å²) in [6, 6.07) is 19.3. The lowest BCUT2D eigenvalue weighted by atomic mass is 9.99. The molecule has 2 amide bonds. The van der Waals surface area contributed by atoms with Crippen LogP contribution in [0.15, 0.2) is 158 Å². The van der Waals surface area contributed by atoms with E-state index in [1.165, 1.54) is 269 Å². The minimum atomic E-state index is -0.683. The van der Waals surface area contributed by atoms with Gasteiger partial charge in [-0.05, 0) is 200 Å². The summed E-state index contributed by atoms with van der Waals surface area (Å²) in [6.07, 6.45) is 99.5. The molecule has 4 unspecified atom stereocenters. The second-order valence-corrected chi connectivity index (χ2v) is 33.6. The fourth-order valence-corrected chi connectivity index (χ4v) is 14.4. The van der Waals surface area contributed by atoms with Crippen molar-refractivity contribution in [3.8, 4) is 0 Å². The van der Waals surface area contributed by atoms with E-state index in [0.29, 0.717) is 25.9 Å². The molecule has 2 aliphatic heterocycles. The highest BCUT2D eigenvalue weighted by Crippen LogP contribution is 2.38.